The Hall–Kier alpha value is -3.74. The highest BCUT2D eigenvalue weighted by Crippen LogP contribution is 2.32. The lowest BCUT2D eigenvalue weighted by Crippen LogP contribution is -2.40. The highest BCUT2D eigenvalue weighted by atomic mass is 16.7. The van der Waals surface area contributed by atoms with Gasteiger partial charge in [0.05, 0.1) is 0 Å². The molecule has 7 heteroatoms. The third-order valence-electron chi connectivity index (χ3n) is 4.37. The molecule has 1 aliphatic rings. The number of fused-ring (bicyclic) bond motifs is 2. The molecule has 1 aliphatic heterocycles. The van der Waals surface area contributed by atoms with E-state index in [1.165, 1.54) is 6.08 Å². The van der Waals surface area contributed by atoms with Crippen molar-refractivity contribution < 1.29 is 23.5 Å². The topological polar surface area (TPSA) is 89.8 Å². The number of carbonyl (C=O) groups excluding carboxylic acids is 2. The Kier molecular flexibility index (Phi) is 4.72. The molecule has 3 aromatic rings. The van der Waals surface area contributed by atoms with Crippen LogP contribution in [0.2, 0.25) is 0 Å². The Morgan fingerprint density at radius 2 is 1.89 bits per heavy atom. The van der Waals surface area contributed by atoms with Crippen molar-refractivity contribution in [2.75, 3.05) is 6.79 Å². The van der Waals surface area contributed by atoms with E-state index in [-0.39, 0.29) is 6.79 Å². The highest BCUT2D eigenvalue weighted by Gasteiger charge is 2.16. The summed E-state index contributed by atoms with van der Waals surface area (Å²) in [4.78, 5) is 24.3. The third-order valence-corrected chi connectivity index (χ3v) is 4.37. The van der Waals surface area contributed by atoms with Gasteiger partial charge in [0.25, 0.3) is 11.8 Å². The fourth-order valence-corrected chi connectivity index (χ4v) is 2.99. The van der Waals surface area contributed by atoms with Gasteiger partial charge in [-0.3, -0.25) is 20.4 Å². The zero-order chi connectivity index (χ0) is 19.5. The number of hydrazine groups is 1. The maximum atomic E-state index is 12.2. The molecule has 0 spiro atoms. The van der Waals surface area contributed by atoms with E-state index in [9.17, 15) is 9.59 Å². The molecule has 2 aromatic carbocycles. The van der Waals surface area contributed by atoms with Gasteiger partial charge in [0, 0.05) is 29.0 Å². The molecule has 2 heterocycles. The van der Waals surface area contributed by atoms with E-state index in [1.807, 2.05) is 31.2 Å². The van der Waals surface area contributed by atoms with Crippen LogP contribution >= 0.6 is 0 Å². The van der Waals surface area contributed by atoms with Gasteiger partial charge in [0.1, 0.15) is 11.3 Å². The molecule has 0 radical (unpaired) electrons. The maximum absolute atomic E-state index is 12.2. The van der Waals surface area contributed by atoms with E-state index in [0.717, 1.165) is 22.3 Å². The van der Waals surface area contributed by atoms with Gasteiger partial charge in [-0.25, -0.2) is 0 Å². The smallest absolute Gasteiger partial charge is 0.269 e. The summed E-state index contributed by atoms with van der Waals surface area (Å²) in [5.41, 5.74) is 6.72. The number of furan rings is 1. The van der Waals surface area contributed by atoms with E-state index < -0.39 is 11.8 Å². The summed E-state index contributed by atoms with van der Waals surface area (Å²) in [5, 5.41) is 0.938. The number of rotatable bonds is 4. The molecule has 2 amide bonds. The molecule has 2 N–H and O–H groups in total. The van der Waals surface area contributed by atoms with Crippen LogP contribution in [0.1, 0.15) is 28.6 Å². The lowest BCUT2D eigenvalue weighted by atomic mass is 10.1. The summed E-state index contributed by atoms with van der Waals surface area (Å²) in [6, 6.07) is 12.4. The van der Waals surface area contributed by atoms with Crippen LogP contribution in [0.15, 0.2) is 53.0 Å². The molecular formula is C21H18N2O5. The van der Waals surface area contributed by atoms with Crippen molar-refractivity contribution >= 4 is 28.9 Å². The van der Waals surface area contributed by atoms with Gasteiger partial charge in [-0.1, -0.05) is 25.1 Å². The van der Waals surface area contributed by atoms with Crippen LogP contribution in [0.4, 0.5) is 0 Å². The maximum Gasteiger partial charge on any atom is 0.269 e. The van der Waals surface area contributed by atoms with E-state index >= 15 is 0 Å². The van der Waals surface area contributed by atoms with Crippen LogP contribution < -0.4 is 20.3 Å². The molecule has 4 rings (SSSR count). The Morgan fingerprint density at radius 1 is 1.07 bits per heavy atom. The second-order valence-electron chi connectivity index (χ2n) is 6.13. The first kappa shape index (κ1) is 17.7. The van der Waals surface area contributed by atoms with Crippen molar-refractivity contribution in [1.82, 2.24) is 10.9 Å². The van der Waals surface area contributed by atoms with Crippen LogP contribution in [0, 0.1) is 0 Å². The molecule has 0 saturated carbocycles. The number of aryl methyl sites for hydroxylation is 1. The fourth-order valence-electron chi connectivity index (χ4n) is 2.99. The van der Waals surface area contributed by atoms with Crippen LogP contribution in [0.3, 0.4) is 0 Å². The summed E-state index contributed by atoms with van der Waals surface area (Å²) in [6.07, 6.45) is 3.75. The summed E-state index contributed by atoms with van der Waals surface area (Å²) in [7, 11) is 0. The second-order valence-corrected chi connectivity index (χ2v) is 6.13. The zero-order valence-electron chi connectivity index (χ0n) is 15.2. The second kappa shape index (κ2) is 7.48. The monoisotopic (exact) mass is 378 g/mol. The van der Waals surface area contributed by atoms with Gasteiger partial charge in [-0.15, -0.1) is 0 Å². The predicted octanol–water partition coefficient (Wildman–Crippen LogP) is 3.20. The number of hydrogen-bond acceptors (Lipinski definition) is 5. The van der Waals surface area contributed by atoms with Crippen LogP contribution in [0.25, 0.3) is 17.0 Å². The minimum Gasteiger partial charge on any atom is -0.460 e. The van der Waals surface area contributed by atoms with Crippen LogP contribution in [-0.2, 0) is 11.2 Å². The number of ether oxygens (including phenoxy) is 2. The van der Waals surface area contributed by atoms with Gasteiger partial charge in [-0.2, -0.15) is 0 Å². The predicted molar refractivity (Wildman–Crippen MR) is 103 cm³/mol. The van der Waals surface area contributed by atoms with Gasteiger partial charge < -0.3 is 13.9 Å². The third kappa shape index (κ3) is 3.42. The molecule has 0 fully saturated rings. The number of para-hydroxylation sites is 1. The van der Waals surface area contributed by atoms with Gasteiger partial charge in [-0.05, 0) is 30.3 Å². The summed E-state index contributed by atoms with van der Waals surface area (Å²) in [5.74, 6) is 0.972. The summed E-state index contributed by atoms with van der Waals surface area (Å²) in [6.45, 7) is 2.12. The van der Waals surface area contributed by atoms with Crippen LogP contribution in [-0.4, -0.2) is 18.6 Å². The zero-order valence-corrected chi connectivity index (χ0v) is 15.2. The first-order valence-electron chi connectivity index (χ1n) is 8.84. The molecule has 0 atom stereocenters. The Bertz CT molecular complexity index is 1080. The number of nitrogens with one attached hydrogen (secondary N) is 2. The fraction of sp³-hybridized carbons (Fsp3) is 0.143. The van der Waals surface area contributed by atoms with Crippen LogP contribution in [0.5, 0.6) is 11.5 Å². The molecule has 28 heavy (non-hydrogen) atoms. The van der Waals surface area contributed by atoms with Gasteiger partial charge in [0.2, 0.25) is 6.79 Å². The minimum atomic E-state index is -0.457. The van der Waals surface area contributed by atoms with Crippen molar-refractivity contribution in [2.45, 2.75) is 13.3 Å². The largest absolute Gasteiger partial charge is 0.460 e. The van der Waals surface area contributed by atoms with Crippen molar-refractivity contribution in [3.05, 3.63) is 65.4 Å². The Balaban J connectivity index is 1.41. The van der Waals surface area contributed by atoms with Crippen molar-refractivity contribution in [3.8, 4) is 11.5 Å². The lowest BCUT2D eigenvalue weighted by molar-refractivity contribution is -0.117. The van der Waals surface area contributed by atoms with Gasteiger partial charge in [0.15, 0.2) is 11.5 Å². The van der Waals surface area contributed by atoms with E-state index in [2.05, 4.69) is 10.9 Å². The number of carbonyl (C=O) groups is 2. The Morgan fingerprint density at radius 3 is 2.75 bits per heavy atom. The first-order valence-corrected chi connectivity index (χ1v) is 8.84. The normalized spacial score (nSPS) is 12.5. The average molecular weight is 378 g/mol. The quantitative estimate of drug-likeness (QED) is 0.538. The first-order chi connectivity index (χ1) is 13.7. The summed E-state index contributed by atoms with van der Waals surface area (Å²) < 4.78 is 16.2. The minimum absolute atomic E-state index is 0.129. The summed E-state index contributed by atoms with van der Waals surface area (Å²) >= 11 is 0. The number of benzene rings is 2. The van der Waals surface area contributed by atoms with Gasteiger partial charge >= 0.3 is 0 Å². The van der Waals surface area contributed by atoms with Crippen molar-refractivity contribution in [3.63, 3.8) is 0 Å². The standard InChI is InChI=1S/C21H18N2O5/c1-2-16-15(14-5-3-4-6-17(14)28-16)8-10-20(24)22-23-21(25)13-7-9-18-19(11-13)27-12-26-18/h3-11H,2,12H2,1H3,(H,22,24)(H,23,25)/b10-8+. The van der Waals surface area contributed by atoms with Crippen molar-refractivity contribution in [1.29, 1.82) is 0 Å². The van der Waals surface area contributed by atoms with E-state index in [1.54, 1.807) is 24.3 Å². The molecule has 7 nitrogen and oxygen atoms in total. The van der Waals surface area contributed by atoms with E-state index in [4.69, 9.17) is 13.9 Å². The molecule has 0 bridgehead atoms. The molecule has 1 aromatic heterocycles. The van der Waals surface area contributed by atoms with E-state index in [0.29, 0.717) is 23.5 Å². The molecule has 142 valence electrons. The highest BCUT2D eigenvalue weighted by molar-refractivity contribution is 5.99. The molecule has 0 saturated heterocycles. The number of hydrogen-bond donors (Lipinski definition) is 2. The molecule has 0 unspecified atom stereocenters. The SMILES string of the molecule is CCc1oc2ccccc2c1/C=C/C(=O)NNC(=O)c1ccc2c(c1)OCO2. The molecule has 0 aliphatic carbocycles. The average Bonchev–Trinajstić information content (AvgIpc) is 3.33. The molecular weight excluding hydrogens is 360 g/mol. The lowest BCUT2D eigenvalue weighted by Gasteiger charge is -2.06. The Labute approximate surface area is 160 Å². The number of amides is 2. The van der Waals surface area contributed by atoms with Crippen molar-refractivity contribution in [2.24, 2.45) is 0 Å².